The summed E-state index contributed by atoms with van der Waals surface area (Å²) in [6, 6.07) is 2.74. The first-order valence-corrected chi connectivity index (χ1v) is 4.92. The van der Waals surface area contributed by atoms with Crippen LogP contribution in [0.1, 0.15) is 18.1 Å². The lowest BCUT2D eigenvalue weighted by molar-refractivity contribution is -0.386. The number of nitriles is 1. The lowest BCUT2D eigenvalue weighted by Crippen LogP contribution is -2.18. The number of aliphatic hydroxyl groups is 2. The van der Waals surface area contributed by atoms with E-state index in [0.717, 1.165) is 12.3 Å². The molecule has 0 saturated heterocycles. The van der Waals surface area contributed by atoms with Gasteiger partial charge in [0.25, 0.3) is 5.88 Å². The minimum absolute atomic E-state index is 0.0465. The van der Waals surface area contributed by atoms with E-state index in [0.29, 0.717) is 0 Å². The van der Waals surface area contributed by atoms with Crippen LogP contribution in [-0.2, 0) is 0 Å². The van der Waals surface area contributed by atoms with Gasteiger partial charge < -0.3 is 14.9 Å². The highest BCUT2D eigenvalue weighted by molar-refractivity contribution is 5.43. The predicted molar refractivity (Wildman–Crippen MR) is 58.6 cm³/mol. The van der Waals surface area contributed by atoms with E-state index in [1.807, 2.05) is 0 Å². The zero-order chi connectivity index (χ0) is 13.7. The van der Waals surface area contributed by atoms with Gasteiger partial charge in [-0.1, -0.05) is 0 Å². The highest BCUT2D eigenvalue weighted by Gasteiger charge is 2.24. The molecule has 96 valence electrons. The average Bonchev–Trinajstić information content (AvgIpc) is 2.37. The van der Waals surface area contributed by atoms with Crippen LogP contribution < -0.4 is 4.74 Å². The van der Waals surface area contributed by atoms with E-state index >= 15 is 0 Å². The Morgan fingerprint density at radius 1 is 1.67 bits per heavy atom. The maximum absolute atomic E-state index is 10.7. The minimum atomic E-state index is -1.42. The molecule has 0 radical (unpaired) electrons. The molecule has 18 heavy (non-hydrogen) atoms. The Kier molecular flexibility index (Phi) is 4.53. The van der Waals surface area contributed by atoms with Crippen LogP contribution in [0.5, 0.6) is 5.88 Å². The van der Waals surface area contributed by atoms with E-state index in [9.17, 15) is 20.3 Å². The van der Waals surface area contributed by atoms with E-state index in [-0.39, 0.29) is 17.9 Å². The molecule has 8 heteroatoms. The summed E-state index contributed by atoms with van der Waals surface area (Å²) in [5, 5.41) is 38.2. The number of hydrogen-bond donors (Lipinski definition) is 2. The number of nitro groups is 1. The molecule has 0 spiro atoms. The molecule has 1 heterocycles. The average molecular weight is 253 g/mol. The zero-order valence-corrected chi connectivity index (χ0v) is 9.48. The number of methoxy groups -OCH3 is 1. The largest absolute Gasteiger partial charge is 0.476 e. The number of aliphatic hydroxyl groups excluding tert-OH is 2. The quantitative estimate of drug-likeness (QED) is 0.570. The van der Waals surface area contributed by atoms with Crippen molar-refractivity contribution in [2.24, 2.45) is 0 Å². The maximum Gasteiger partial charge on any atom is 0.331 e. The maximum atomic E-state index is 10.7. The van der Waals surface area contributed by atoms with Gasteiger partial charge in [-0.25, -0.2) is 4.98 Å². The third-order valence-corrected chi connectivity index (χ3v) is 2.25. The van der Waals surface area contributed by atoms with Gasteiger partial charge in [-0.15, -0.1) is 0 Å². The topological polar surface area (TPSA) is 130 Å². The molecule has 2 N–H and O–H groups in total. The summed E-state index contributed by atoms with van der Waals surface area (Å²) < 4.78 is 4.70. The molecular weight excluding hydrogens is 242 g/mol. The molecule has 0 saturated carbocycles. The monoisotopic (exact) mass is 253 g/mol. The molecular formula is C10H11N3O5. The van der Waals surface area contributed by atoms with Crippen molar-refractivity contribution in [3.05, 3.63) is 27.9 Å². The fourth-order valence-corrected chi connectivity index (χ4v) is 1.33. The summed E-state index contributed by atoms with van der Waals surface area (Å²) in [5.41, 5.74) is -0.372. The number of rotatable bonds is 5. The first-order valence-electron chi connectivity index (χ1n) is 4.92. The smallest absolute Gasteiger partial charge is 0.331 e. The number of ether oxygens (including phenoxy) is 1. The predicted octanol–water partition coefficient (Wildman–Crippen LogP) is 0.306. The summed E-state index contributed by atoms with van der Waals surface area (Å²) in [6.45, 7) is 0. The molecule has 1 rings (SSSR count). The highest BCUT2D eigenvalue weighted by atomic mass is 16.6. The van der Waals surface area contributed by atoms with Crippen molar-refractivity contribution in [2.75, 3.05) is 7.11 Å². The van der Waals surface area contributed by atoms with Gasteiger partial charge in [0.15, 0.2) is 0 Å². The molecule has 0 aliphatic carbocycles. The second-order valence-corrected chi connectivity index (χ2v) is 3.43. The van der Waals surface area contributed by atoms with E-state index in [2.05, 4.69) is 4.98 Å². The lowest BCUT2D eigenvalue weighted by atomic mass is 10.0. The van der Waals surface area contributed by atoms with Crippen LogP contribution >= 0.6 is 0 Å². The van der Waals surface area contributed by atoms with Crippen LogP contribution in [0.25, 0.3) is 0 Å². The van der Waals surface area contributed by atoms with E-state index in [1.54, 1.807) is 6.07 Å². The van der Waals surface area contributed by atoms with Crippen LogP contribution in [0, 0.1) is 21.4 Å². The molecule has 2 unspecified atom stereocenters. The van der Waals surface area contributed by atoms with Gasteiger partial charge in [-0.05, 0) is 0 Å². The zero-order valence-electron chi connectivity index (χ0n) is 9.48. The third kappa shape index (κ3) is 2.91. The van der Waals surface area contributed by atoms with Crippen LogP contribution in [0.2, 0.25) is 0 Å². The SMILES string of the molecule is COc1ncc(C(O)C(O)CC#N)cc1[N+](=O)[O-]. The second kappa shape index (κ2) is 5.90. The Morgan fingerprint density at radius 2 is 2.33 bits per heavy atom. The molecule has 0 aliphatic rings. The molecule has 1 aromatic heterocycles. The number of aromatic nitrogens is 1. The molecule has 8 nitrogen and oxygen atoms in total. The summed E-state index contributed by atoms with van der Waals surface area (Å²) in [5.74, 6) is -0.189. The van der Waals surface area contributed by atoms with E-state index in [1.165, 1.54) is 7.11 Å². The highest BCUT2D eigenvalue weighted by Crippen LogP contribution is 2.28. The van der Waals surface area contributed by atoms with Gasteiger partial charge in [-0.3, -0.25) is 10.1 Å². The van der Waals surface area contributed by atoms with Crippen LogP contribution in [0.4, 0.5) is 5.69 Å². The summed E-state index contributed by atoms with van der Waals surface area (Å²) in [6.07, 6.45) is -1.88. The summed E-state index contributed by atoms with van der Waals surface area (Å²) in [7, 11) is 1.23. The molecule has 0 bridgehead atoms. The van der Waals surface area contributed by atoms with Gasteiger partial charge in [0.05, 0.1) is 30.6 Å². The molecule has 1 aromatic rings. The standard InChI is InChI=1S/C10H11N3O5/c1-18-10-7(13(16)17)4-6(5-12-10)9(15)8(14)2-3-11/h4-5,8-9,14-15H,2H2,1H3. The first kappa shape index (κ1) is 13.8. The van der Waals surface area contributed by atoms with Crippen LogP contribution in [0.3, 0.4) is 0 Å². The third-order valence-electron chi connectivity index (χ3n) is 2.25. The van der Waals surface area contributed by atoms with Crippen molar-refractivity contribution < 1.29 is 19.9 Å². The molecule has 0 aromatic carbocycles. The van der Waals surface area contributed by atoms with E-state index < -0.39 is 22.8 Å². The van der Waals surface area contributed by atoms with Crippen LogP contribution in [0.15, 0.2) is 12.3 Å². The summed E-state index contributed by atoms with van der Waals surface area (Å²) in [4.78, 5) is 13.7. The van der Waals surface area contributed by atoms with Gasteiger partial charge >= 0.3 is 5.69 Å². The second-order valence-electron chi connectivity index (χ2n) is 3.43. The Morgan fingerprint density at radius 3 is 2.83 bits per heavy atom. The van der Waals surface area contributed by atoms with Gasteiger partial charge in [0.1, 0.15) is 6.10 Å². The van der Waals surface area contributed by atoms with Gasteiger partial charge in [0, 0.05) is 17.8 Å². The van der Waals surface area contributed by atoms with Gasteiger partial charge in [0.2, 0.25) is 0 Å². The van der Waals surface area contributed by atoms with Crippen molar-refractivity contribution in [1.29, 1.82) is 5.26 Å². The Bertz CT molecular complexity index is 485. The Balaban J connectivity index is 3.08. The normalized spacial score (nSPS) is 13.4. The van der Waals surface area contributed by atoms with Gasteiger partial charge in [-0.2, -0.15) is 5.26 Å². The molecule has 0 amide bonds. The van der Waals surface area contributed by atoms with Crippen LogP contribution in [-0.4, -0.2) is 33.3 Å². The molecule has 0 aliphatic heterocycles. The fraction of sp³-hybridized carbons (Fsp3) is 0.400. The minimum Gasteiger partial charge on any atom is -0.476 e. The fourth-order valence-electron chi connectivity index (χ4n) is 1.33. The number of nitrogens with zero attached hydrogens (tertiary/aromatic N) is 3. The van der Waals surface area contributed by atoms with Crippen molar-refractivity contribution >= 4 is 5.69 Å². The summed E-state index contributed by atoms with van der Waals surface area (Å²) >= 11 is 0. The van der Waals surface area contributed by atoms with Crippen molar-refractivity contribution in [3.8, 4) is 11.9 Å². The van der Waals surface area contributed by atoms with Crippen molar-refractivity contribution in [1.82, 2.24) is 4.98 Å². The molecule has 2 atom stereocenters. The van der Waals surface area contributed by atoms with Crippen molar-refractivity contribution in [3.63, 3.8) is 0 Å². The Labute approximate surface area is 102 Å². The number of hydrogen-bond acceptors (Lipinski definition) is 7. The number of pyridine rings is 1. The van der Waals surface area contributed by atoms with E-state index in [4.69, 9.17) is 10.00 Å². The first-order chi connectivity index (χ1) is 8.51. The molecule has 0 fully saturated rings. The van der Waals surface area contributed by atoms with Crippen molar-refractivity contribution in [2.45, 2.75) is 18.6 Å². The lowest BCUT2D eigenvalue weighted by Gasteiger charge is -2.15. The Hall–Kier alpha value is -2.24.